The van der Waals surface area contributed by atoms with Crippen LogP contribution < -0.4 is 10.1 Å². The molecule has 0 aliphatic carbocycles. The van der Waals surface area contributed by atoms with E-state index in [0.29, 0.717) is 5.88 Å². The van der Waals surface area contributed by atoms with Crippen LogP contribution in [0.3, 0.4) is 0 Å². The van der Waals surface area contributed by atoms with E-state index in [0.717, 1.165) is 29.3 Å². The average molecular weight is 288 g/mol. The third kappa shape index (κ3) is 3.74. The Labute approximate surface area is 124 Å². The third-order valence-corrected chi connectivity index (χ3v) is 3.72. The zero-order chi connectivity index (χ0) is 14.4. The number of nitrogens with one attached hydrogen (secondary N) is 1. The molecule has 0 spiro atoms. The van der Waals surface area contributed by atoms with Gasteiger partial charge in [-0.2, -0.15) is 0 Å². The van der Waals surface area contributed by atoms with E-state index >= 15 is 0 Å². The van der Waals surface area contributed by atoms with E-state index in [2.05, 4.69) is 29.4 Å². The van der Waals surface area contributed by atoms with Crippen LogP contribution >= 0.6 is 11.8 Å². The minimum Gasteiger partial charge on any atom is -0.438 e. The Morgan fingerprint density at radius 1 is 1.30 bits per heavy atom. The largest absolute Gasteiger partial charge is 0.438 e. The molecule has 20 heavy (non-hydrogen) atoms. The van der Waals surface area contributed by atoms with Crippen LogP contribution in [-0.2, 0) is 6.54 Å². The highest BCUT2D eigenvalue weighted by Gasteiger charge is 2.07. The second kappa shape index (κ2) is 7.31. The first-order chi connectivity index (χ1) is 9.74. The summed E-state index contributed by atoms with van der Waals surface area (Å²) < 4.78 is 5.94. The molecule has 3 nitrogen and oxygen atoms in total. The molecule has 4 heteroatoms. The summed E-state index contributed by atoms with van der Waals surface area (Å²) in [7, 11) is 0. The van der Waals surface area contributed by atoms with Gasteiger partial charge < -0.3 is 10.1 Å². The number of benzene rings is 1. The van der Waals surface area contributed by atoms with Gasteiger partial charge in [0.2, 0.25) is 5.88 Å². The molecule has 0 saturated carbocycles. The van der Waals surface area contributed by atoms with Crippen molar-refractivity contribution >= 4 is 11.8 Å². The zero-order valence-corrected chi connectivity index (χ0v) is 13.0. The number of aromatic nitrogens is 1. The lowest BCUT2D eigenvalue weighted by atomic mass is 10.2. The van der Waals surface area contributed by atoms with Gasteiger partial charge in [-0.1, -0.05) is 19.1 Å². The Hall–Kier alpha value is -1.52. The van der Waals surface area contributed by atoms with Crippen molar-refractivity contribution in [3.8, 4) is 11.6 Å². The van der Waals surface area contributed by atoms with Crippen molar-refractivity contribution in [3.05, 3.63) is 47.7 Å². The van der Waals surface area contributed by atoms with Gasteiger partial charge >= 0.3 is 0 Å². The second-order valence-electron chi connectivity index (χ2n) is 4.50. The minimum atomic E-state index is 0.673. The molecular formula is C16H20N2OS. The number of ether oxygens (including phenoxy) is 1. The number of pyridine rings is 1. The molecule has 0 fully saturated rings. The van der Waals surface area contributed by atoms with Crippen molar-refractivity contribution < 1.29 is 4.74 Å². The summed E-state index contributed by atoms with van der Waals surface area (Å²) in [5.41, 5.74) is 2.23. The molecule has 0 atom stereocenters. The topological polar surface area (TPSA) is 34.2 Å². The molecule has 0 bridgehead atoms. The first kappa shape index (κ1) is 14.9. The first-order valence-electron chi connectivity index (χ1n) is 6.71. The van der Waals surface area contributed by atoms with Crippen LogP contribution in [0.5, 0.6) is 11.6 Å². The predicted octanol–water partition coefficient (Wildman–Crippen LogP) is 4.01. The van der Waals surface area contributed by atoms with Gasteiger partial charge in [0, 0.05) is 23.2 Å². The lowest BCUT2D eigenvalue weighted by molar-refractivity contribution is 0.448. The highest BCUT2D eigenvalue weighted by atomic mass is 32.2. The zero-order valence-electron chi connectivity index (χ0n) is 12.1. The Kier molecular flexibility index (Phi) is 5.44. The lowest BCUT2D eigenvalue weighted by Gasteiger charge is -2.11. The number of nitrogens with zero attached hydrogens (tertiary/aromatic N) is 1. The Bertz CT molecular complexity index is 572. The van der Waals surface area contributed by atoms with Gasteiger partial charge in [0.25, 0.3) is 0 Å². The van der Waals surface area contributed by atoms with Crippen LogP contribution in [0.2, 0.25) is 0 Å². The molecular weight excluding hydrogens is 268 g/mol. The second-order valence-corrected chi connectivity index (χ2v) is 5.35. The number of rotatable bonds is 6. The first-order valence-corrected chi connectivity index (χ1v) is 7.94. The van der Waals surface area contributed by atoms with Crippen molar-refractivity contribution in [2.45, 2.75) is 25.3 Å². The molecule has 106 valence electrons. The molecule has 0 unspecified atom stereocenters. The standard InChI is InChI=1S/C16H20N2OS/c1-4-17-10-13-9-12(2)16(18-11-13)19-14-7-5-6-8-15(14)20-3/h5-9,11,17H,4,10H2,1-3H3. The quantitative estimate of drug-likeness (QED) is 0.814. The summed E-state index contributed by atoms with van der Waals surface area (Å²) in [5, 5.41) is 3.30. The van der Waals surface area contributed by atoms with Crippen LogP contribution in [0.25, 0.3) is 0 Å². The molecule has 0 radical (unpaired) electrons. The molecule has 0 aliphatic heterocycles. The lowest BCUT2D eigenvalue weighted by Crippen LogP contribution is -2.12. The fourth-order valence-corrected chi connectivity index (χ4v) is 2.43. The van der Waals surface area contributed by atoms with Crippen LogP contribution in [0.1, 0.15) is 18.1 Å². The maximum Gasteiger partial charge on any atom is 0.222 e. The van der Waals surface area contributed by atoms with E-state index in [4.69, 9.17) is 4.74 Å². The summed E-state index contributed by atoms with van der Waals surface area (Å²) in [4.78, 5) is 5.55. The van der Waals surface area contributed by atoms with Gasteiger partial charge in [-0.3, -0.25) is 0 Å². The summed E-state index contributed by atoms with van der Waals surface area (Å²) >= 11 is 1.67. The Morgan fingerprint density at radius 3 is 2.80 bits per heavy atom. The van der Waals surface area contributed by atoms with Crippen molar-refractivity contribution in [1.29, 1.82) is 0 Å². The smallest absolute Gasteiger partial charge is 0.222 e. The maximum atomic E-state index is 5.94. The third-order valence-electron chi connectivity index (χ3n) is 2.94. The van der Waals surface area contributed by atoms with E-state index < -0.39 is 0 Å². The van der Waals surface area contributed by atoms with E-state index in [1.807, 2.05) is 37.6 Å². The van der Waals surface area contributed by atoms with Crippen LogP contribution in [0, 0.1) is 6.92 Å². The monoisotopic (exact) mass is 288 g/mol. The van der Waals surface area contributed by atoms with Gasteiger partial charge in [0.1, 0.15) is 5.75 Å². The molecule has 0 saturated heterocycles. The Balaban J connectivity index is 2.17. The van der Waals surface area contributed by atoms with Crippen LogP contribution in [0.15, 0.2) is 41.4 Å². The van der Waals surface area contributed by atoms with Crippen LogP contribution in [0.4, 0.5) is 0 Å². The highest BCUT2D eigenvalue weighted by Crippen LogP contribution is 2.31. The number of aryl methyl sites for hydroxylation is 1. The van der Waals surface area contributed by atoms with Gasteiger partial charge in [0.15, 0.2) is 0 Å². The summed E-state index contributed by atoms with van der Waals surface area (Å²) in [6, 6.07) is 10.1. The van der Waals surface area contributed by atoms with E-state index in [-0.39, 0.29) is 0 Å². The van der Waals surface area contributed by atoms with Gasteiger partial charge in [-0.15, -0.1) is 11.8 Å². The van der Waals surface area contributed by atoms with Crippen molar-refractivity contribution in [1.82, 2.24) is 10.3 Å². The van der Waals surface area contributed by atoms with Crippen molar-refractivity contribution in [2.75, 3.05) is 12.8 Å². The molecule has 2 aromatic rings. The number of thioether (sulfide) groups is 1. The van der Waals surface area contributed by atoms with Gasteiger partial charge in [-0.05, 0) is 43.5 Å². The van der Waals surface area contributed by atoms with Crippen molar-refractivity contribution in [2.24, 2.45) is 0 Å². The maximum absolute atomic E-state index is 5.94. The molecule has 0 aliphatic rings. The molecule has 1 aromatic heterocycles. The highest BCUT2D eigenvalue weighted by molar-refractivity contribution is 7.98. The van der Waals surface area contributed by atoms with E-state index in [1.54, 1.807) is 11.8 Å². The fraction of sp³-hybridized carbons (Fsp3) is 0.312. The number of hydrogen-bond donors (Lipinski definition) is 1. The summed E-state index contributed by atoms with van der Waals surface area (Å²) in [6.45, 7) is 5.92. The fourth-order valence-electron chi connectivity index (χ4n) is 1.90. The number of hydrogen-bond acceptors (Lipinski definition) is 4. The molecule has 1 heterocycles. The SMILES string of the molecule is CCNCc1cnc(Oc2ccccc2SC)c(C)c1. The number of para-hydroxylation sites is 1. The molecule has 1 N–H and O–H groups in total. The summed E-state index contributed by atoms with van der Waals surface area (Å²) in [6.07, 6.45) is 3.91. The molecule has 1 aromatic carbocycles. The van der Waals surface area contributed by atoms with Gasteiger partial charge in [-0.25, -0.2) is 4.98 Å². The minimum absolute atomic E-state index is 0.673. The predicted molar refractivity (Wildman–Crippen MR) is 84.7 cm³/mol. The molecule has 0 amide bonds. The summed E-state index contributed by atoms with van der Waals surface area (Å²) in [5.74, 6) is 1.53. The molecule has 2 rings (SSSR count). The van der Waals surface area contributed by atoms with E-state index in [1.165, 1.54) is 5.56 Å². The van der Waals surface area contributed by atoms with Crippen molar-refractivity contribution in [3.63, 3.8) is 0 Å². The normalized spacial score (nSPS) is 10.6. The van der Waals surface area contributed by atoms with E-state index in [9.17, 15) is 0 Å². The van der Waals surface area contributed by atoms with Gasteiger partial charge in [0.05, 0.1) is 0 Å². The average Bonchev–Trinajstić information content (AvgIpc) is 2.48. The Morgan fingerprint density at radius 2 is 2.10 bits per heavy atom. The van der Waals surface area contributed by atoms with Crippen LogP contribution in [-0.4, -0.2) is 17.8 Å².